The zero-order chi connectivity index (χ0) is 12.3. The van der Waals surface area contributed by atoms with Crippen LogP contribution >= 0.6 is 0 Å². The molecule has 1 heterocycles. The molecule has 0 aliphatic rings. The Kier molecular flexibility index (Phi) is 1.67. The molecule has 1 rings (SSSR count). The number of anilines is 1. The summed E-state index contributed by atoms with van der Waals surface area (Å²) in [5.74, 6) is -0.725. The molecule has 0 saturated carbocycles. The topological polar surface area (TPSA) is 77.2 Å². The third kappa shape index (κ3) is 1.87. The number of rotatable bonds is 2. The van der Waals surface area contributed by atoms with Gasteiger partial charge >= 0.3 is 0 Å². The highest BCUT2D eigenvalue weighted by molar-refractivity contribution is 5.92. The Bertz CT molecular complexity index is 406. The van der Waals surface area contributed by atoms with Crippen LogP contribution in [-0.2, 0) is 0 Å². The molecular formula is C8H11N3O2. The van der Waals surface area contributed by atoms with E-state index in [-0.39, 0.29) is 17.3 Å². The van der Waals surface area contributed by atoms with E-state index in [0.717, 1.165) is 0 Å². The number of aromatic nitrogens is 1. The first-order chi connectivity index (χ1) is 7.33. The monoisotopic (exact) mass is 184 g/mol. The molecule has 0 radical (unpaired) electrons. The van der Waals surface area contributed by atoms with Gasteiger partial charge in [0.05, 0.1) is 12.8 Å². The number of carbonyl (C=O) groups is 1. The lowest BCUT2D eigenvalue weighted by atomic mass is 10.3. The van der Waals surface area contributed by atoms with Gasteiger partial charge in [0.25, 0.3) is 5.91 Å². The van der Waals surface area contributed by atoms with E-state index in [1.807, 2.05) is 5.32 Å². The minimum absolute atomic E-state index is 0.0674. The molecule has 5 nitrogen and oxygen atoms in total. The van der Waals surface area contributed by atoms with Crippen molar-refractivity contribution in [1.82, 2.24) is 10.3 Å². The normalized spacial score (nSPS) is 13.8. The molecule has 0 aromatic carbocycles. The number of carbonyl (C=O) groups excluding carboxylic acids is 1. The van der Waals surface area contributed by atoms with Crippen LogP contribution in [0.1, 0.15) is 14.6 Å². The van der Waals surface area contributed by atoms with E-state index in [1.165, 1.54) is 19.2 Å². The number of nitrogens with one attached hydrogen (secondary N) is 1. The van der Waals surface area contributed by atoms with E-state index >= 15 is 0 Å². The number of methoxy groups -OCH3 is 1. The molecule has 0 atom stereocenters. The van der Waals surface area contributed by atoms with Gasteiger partial charge in [0.1, 0.15) is 5.69 Å². The Morgan fingerprint density at radius 3 is 3.15 bits per heavy atom. The number of nitrogen functional groups attached to an aromatic ring is 1. The maximum Gasteiger partial charge on any atom is 0.269 e. The molecule has 0 fully saturated rings. The Morgan fingerprint density at radius 2 is 2.54 bits per heavy atom. The average molecular weight is 184 g/mol. The van der Waals surface area contributed by atoms with Crippen molar-refractivity contribution in [2.24, 2.45) is 0 Å². The summed E-state index contributed by atoms with van der Waals surface area (Å²) in [6, 6.07) is 2.74. The highest BCUT2D eigenvalue weighted by atomic mass is 16.5. The molecule has 0 bridgehead atoms. The number of nitrogens with zero attached hydrogens (tertiary/aromatic N) is 1. The summed E-state index contributed by atoms with van der Waals surface area (Å²) in [5.41, 5.74) is 5.70. The minimum atomic E-state index is -2.55. The second-order valence-electron chi connectivity index (χ2n) is 2.25. The van der Waals surface area contributed by atoms with Crippen LogP contribution in [0.5, 0.6) is 5.88 Å². The smallest absolute Gasteiger partial charge is 0.269 e. The Labute approximate surface area is 80.1 Å². The van der Waals surface area contributed by atoms with Crippen molar-refractivity contribution < 1.29 is 13.6 Å². The van der Waals surface area contributed by atoms with E-state index < -0.39 is 12.9 Å². The van der Waals surface area contributed by atoms with E-state index in [1.54, 1.807) is 0 Å². The van der Waals surface area contributed by atoms with Crippen molar-refractivity contribution in [3.63, 3.8) is 0 Å². The van der Waals surface area contributed by atoms with Crippen LogP contribution in [0, 0.1) is 0 Å². The predicted molar refractivity (Wildman–Crippen MR) is 48.6 cm³/mol. The van der Waals surface area contributed by atoms with E-state index in [4.69, 9.17) is 14.6 Å². The first-order valence-electron chi connectivity index (χ1n) is 4.96. The number of amides is 1. The highest BCUT2D eigenvalue weighted by Crippen LogP contribution is 2.17. The molecule has 5 heteroatoms. The third-order valence-corrected chi connectivity index (χ3v) is 1.43. The summed E-state index contributed by atoms with van der Waals surface area (Å²) < 4.78 is 25.4. The second kappa shape index (κ2) is 3.75. The van der Waals surface area contributed by atoms with Crippen LogP contribution < -0.4 is 15.8 Å². The van der Waals surface area contributed by atoms with Gasteiger partial charge in [-0.25, -0.2) is 4.98 Å². The molecule has 1 aromatic heterocycles. The van der Waals surface area contributed by atoms with Crippen LogP contribution in [0.15, 0.2) is 12.1 Å². The summed E-state index contributed by atoms with van der Waals surface area (Å²) in [5, 5.41) is 1.81. The predicted octanol–water partition coefficient (Wildman–Crippen LogP) is 0.0320. The number of hydrogen-bond acceptors (Lipinski definition) is 4. The van der Waals surface area contributed by atoms with Gasteiger partial charge in [0.2, 0.25) is 5.88 Å². The standard InChI is InChI=1S/C8H11N3O2/c1-10-7(12)6-4-3-5(9)8(11-6)13-2/h3-4H,9H2,1-2H3,(H,10,12)/i1D3. The molecule has 0 saturated heterocycles. The number of ether oxygens (including phenoxy) is 1. The van der Waals surface area contributed by atoms with E-state index in [2.05, 4.69) is 4.98 Å². The quantitative estimate of drug-likeness (QED) is 0.680. The lowest BCUT2D eigenvalue weighted by Crippen LogP contribution is -2.19. The highest BCUT2D eigenvalue weighted by Gasteiger charge is 2.08. The zero-order valence-corrected chi connectivity index (χ0v) is 7.00. The fourth-order valence-corrected chi connectivity index (χ4v) is 0.805. The number of nitrogens with two attached hydrogens (primary N) is 1. The van der Waals surface area contributed by atoms with Gasteiger partial charge in [-0.2, -0.15) is 0 Å². The summed E-state index contributed by atoms with van der Waals surface area (Å²) in [4.78, 5) is 15.2. The number of pyridine rings is 1. The zero-order valence-electron chi connectivity index (χ0n) is 10.00. The summed E-state index contributed by atoms with van der Waals surface area (Å²) in [7, 11) is 1.35. The molecule has 0 aliphatic carbocycles. The maximum atomic E-state index is 11.4. The van der Waals surface area contributed by atoms with E-state index in [9.17, 15) is 4.79 Å². The van der Waals surface area contributed by atoms with Gasteiger partial charge in [-0.3, -0.25) is 4.79 Å². The molecule has 0 unspecified atom stereocenters. The average Bonchev–Trinajstić information content (AvgIpc) is 2.15. The van der Waals surface area contributed by atoms with Crippen LogP contribution in [-0.4, -0.2) is 25.0 Å². The van der Waals surface area contributed by atoms with Crippen molar-refractivity contribution in [3.8, 4) is 5.88 Å². The molecule has 1 aromatic rings. The minimum Gasteiger partial charge on any atom is -0.480 e. The molecule has 70 valence electrons. The molecule has 0 aliphatic heterocycles. The van der Waals surface area contributed by atoms with Crippen LogP contribution in [0.2, 0.25) is 0 Å². The largest absolute Gasteiger partial charge is 0.480 e. The van der Waals surface area contributed by atoms with Crippen molar-refractivity contribution >= 4 is 11.6 Å². The SMILES string of the molecule is [2H]C([2H])([2H])NC(=O)c1ccc(N)c(OC)n1. The first-order valence-corrected chi connectivity index (χ1v) is 3.46. The van der Waals surface area contributed by atoms with Gasteiger partial charge in [-0.05, 0) is 12.1 Å². The summed E-state index contributed by atoms with van der Waals surface area (Å²) in [6.45, 7) is -2.55. The molecule has 1 amide bonds. The van der Waals surface area contributed by atoms with E-state index in [0.29, 0.717) is 0 Å². The fraction of sp³-hybridized carbons (Fsp3) is 0.250. The van der Waals surface area contributed by atoms with Gasteiger partial charge in [-0.15, -0.1) is 0 Å². The van der Waals surface area contributed by atoms with Crippen LogP contribution in [0.25, 0.3) is 0 Å². The molecule has 13 heavy (non-hydrogen) atoms. The van der Waals surface area contributed by atoms with Crippen LogP contribution in [0.4, 0.5) is 5.69 Å². The van der Waals surface area contributed by atoms with Crippen molar-refractivity contribution in [2.75, 3.05) is 19.8 Å². The van der Waals surface area contributed by atoms with Gasteiger partial charge < -0.3 is 15.8 Å². The first kappa shape index (κ1) is 5.80. The summed E-state index contributed by atoms with van der Waals surface area (Å²) >= 11 is 0. The third-order valence-electron chi connectivity index (χ3n) is 1.43. The van der Waals surface area contributed by atoms with Crippen molar-refractivity contribution in [3.05, 3.63) is 17.8 Å². The van der Waals surface area contributed by atoms with Gasteiger partial charge in [0.15, 0.2) is 0 Å². The maximum absolute atomic E-state index is 11.4. The van der Waals surface area contributed by atoms with Crippen molar-refractivity contribution in [2.45, 2.75) is 0 Å². The Balaban J connectivity index is 2.93. The Hall–Kier alpha value is -1.78. The van der Waals surface area contributed by atoms with Gasteiger partial charge in [0, 0.05) is 11.1 Å². The van der Waals surface area contributed by atoms with Crippen molar-refractivity contribution in [1.29, 1.82) is 0 Å². The molecule has 3 N–H and O–H groups in total. The second-order valence-corrected chi connectivity index (χ2v) is 2.25. The van der Waals surface area contributed by atoms with Gasteiger partial charge in [-0.1, -0.05) is 0 Å². The number of hydrogen-bond donors (Lipinski definition) is 2. The Morgan fingerprint density at radius 1 is 1.77 bits per heavy atom. The molecular weight excluding hydrogens is 170 g/mol. The molecule has 0 spiro atoms. The fourth-order valence-electron chi connectivity index (χ4n) is 0.805. The lowest BCUT2D eigenvalue weighted by Gasteiger charge is -2.04. The van der Waals surface area contributed by atoms with Crippen LogP contribution in [0.3, 0.4) is 0 Å². The summed E-state index contributed by atoms with van der Waals surface area (Å²) in [6.07, 6.45) is 0. The lowest BCUT2D eigenvalue weighted by molar-refractivity contribution is 0.0957.